The normalized spacial score (nSPS) is 16.0. The number of halogens is 2. The molecule has 0 unspecified atom stereocenters. The van der Waals surface area contributed by atoms with Crippen LogP contribution in [0, 0.1) is 0 Å². The van der Waals surface area contributed by atoms with Crippen LogP contribution in [0.5, 0.6) is 5.75 Å². The molecule has 1 amide bonds. The zero-order chi connectivity index (χ0) is 18.4. The molecule has 8 heteroatoms. The number of hydrogen-bond acceptors (Lipinski definition) is 5. The van der Waals surface area contributed by atoms with Gasteiger partial charge in [-0.1, -0.05) is 12.1 Å². The molecule has 0 spiro atoms. The number of rotatable bonds is 7. The van der Waals surface area contributed by atoms with E-state index >= 15 is 0 Å². The number of alkyl halides is 2. The van der Waals surface area contributed by atoms with Crippen LogP contribution in [0.1, 0.15) is 5.76 Å². The van der Waals surface area contributed by atoms with Gasteiger partial charge in [0.05, 0.1) is 25.0 Å². The van der Waals surface area contributed by atoms with E-state index in [-0.39, 0.29) is 23.9 Å². The highest BCUT2D eigenvalue weighted by molar-refractivity contribution is 5.93. The van der Waals surface area contributed by atoms with Gasteiger partial charge >= 0.3 is 6.61 Å². The fraction of sp³-hybridized carbons (Fsp3) is 0.389. The van der Waals surface area contributed by atoms with Gasteiger partial charge in [-0.15, -0.1) is 0 Å². The van der Waals surface area contributed by atoms with Crippen molar-refractivity contribution in [3.8, 4) is 5.75 Å². The Kier molecular flexibility index (Phi) is 6.19. The second-order valence-corrected chi connectivity index (χ2v) is 6.05. The molecule has 26 heavy (non-hydrogen) atoms. The summed E-state index contributed by atoms with van der Waals surface area (Å²) in [6.45, 7) is 1.20. The van der Waals surface area contributed by atoms with E-state index in [0.29, 0.717) is 0 Å². The lowest BCUT2D eigenvalue weighted by Crippen LogP contribution is -2.48. The van der Waals surface area contributed by atoms with E-state index in [0.717, 1.165) is 38.5 Å². The Hall–Kier alpha value is -2.45. The van der Waals surface area contributed by atoms with Crippen LogP contribution in [0.2, 0.25) is 0 Å². The summed E-state index contributed by atoms with van der Waals surface area (Å²) in [5, 5.41) is 2.64. The number of nitrogens with one attached hydrogen (secondary N) is 1. The zero-order valence-electron chi connectivity index (χ0n) is 14.2. The van der Waals surface area contributed by atoms with Crippen LogP contribution < -0.4 is 10.1 Å². The van der Waals surface area contributed by atoms with Crippen LogP contribution in [0.4, 0.5) is 14.5 Å². The van der Waals surface area contributed by atoms with E-state index in [1.54, 1.807) is 18.4 Å². The monoisotopic (exact) mass is 365 g/mol. The molecule has 0 atom stereocenters. The number of para-hydroxylation sites is 2. The van der Waals surface area contributed by atoms with E-state index < -0.39 is 6.61 Å². The molecule has 0 radical (unpaired) electrons. The molecule has 0 saturated carbocycles. The third-order valence-corrected chi connectivity index (χ3v) is 4.17. The largest absolute Gasteiger partial charge is 0.468 e. The number of nitrogens with zero attached hydrogens (tertiary/aromatic N) is 2. The van der Waals surface area contributed by atoms with Crippen molar-refractivity contribution in [1.82, 2.24) is 9.80 Å². The highest BCUT2D eigenvalue weighted by Crippen LogP contribution is 2.25. The van der Waals surface area contributed by atoms with Crippen molar-refractivity contribution in [1.29, 1.82) is 0 Å². The smallest absolute Gasteiger partial charge is 0.387 e. The number of carbonyl (C=O) groups is 1. The Morgan fingerprint density at radius 3 is 2.54 bits per heavy atom. The Morgan fingerprint density at radius 1 is 1.12 bits per heavy atom. The average Bonchev–Trinajstić information content (AvgIpc) is 3.11. The molecule has 2 heterocycles. The predicted octanol–water partition coefficient (Wildman–Crippen LogP) is 2.64. The number of ether oxygens (including phenoxy) is 1. The molecule has 0 aliphatic carbocycles. The summed E-state index contributed by atoms with van der Waals surface area (Å²) in [7, 11) is 0. The van der Waals surface area contributed by atoms with E-state index in [1.807, 2.05) is 17.0 Å². The minimum absolute atomic E-state index is 0.0425. The van der Waals surface area contributed by atoms with Gasteiger partial charge < -0.3 is 14.5 Å². The third-order valence-electron chi connectivity index (χ3n) is 4.17. The quantitative estimate of drug-likeness (QED) is 0.818. The van der Waals surface area contributed by atoms with Gasteiger partial charge in [0, 0.05) is 26.2 Å². The Balaban J connectivity index is 1.46. The van der Waals surface area contributed by atoms with Gasteiger partial charge in [0.1, 0.15) is 11.5 Å². The molecule has 1 aliphatic rings. The molecule has 140 valence electrons. The molecule has 3 rings (SSSR count). The second kappa shape index (κ2) is 8.77. The van der Waals surface area contributed by atoms with Crippen LogP contribution >= 0.6 is 0 Å². The molecule has 0 bridgehead atoms. The first-order valence-electron chi connectivity index (χ1n) is 8.41. The van der Waals surface area contributed by atoms with Gasteiger partial charge in [-0.2, -0.15) is 8.78 Å². The summed E-state index contributed by atoms with van der Waals surface area (Å²) in [4.78, 5) is 16.5. The molecular weight excluding hydrogens is 344 g/mol. The molecule has 2 aromatic rings. The number of anilines is 1. The lowest BCUT2D eigenvalue weighted by Gasteiger charge is -2.33. The maximum absolute atomic E-state index is 12.4. The van der Waals surface area contributed by atoms with Crippen molar-refractivity contribution in [2.45, 2.75) is 13.2 Å². The SMILES string of the molecule is O=C(CN1CCN(Cc2ccco2)CC1)Nc1ccccc1OC(F)F. The summed E-state index contributed by atoms with van der Waals surface area (Å²) in [6, 6.07) is 9.98. The van der Waals surface area contributed by atoms with Crippen LogP contribution in [-0.2, 0) is 11.3 Å². The van der Waals surface area contributed by atoms with E-state index in [4.69, 9.17) is 4.42 Å². The summed E-state index contributed by atoms with van der Waals surface area (Å²) in [6.07, 6.45) is 1.66. The van der Waals surface area contributed by atoms with Gasteiger partial charge in [-0.3, -0.25) is 14.6 Å². The number of benzene rings is 1. The molecular formula is C18H21F2N3O3. The highest BCUT2D eigenvalue weighted by atomic mass is 19.3. The molecule has 6 nitrogen and oxygen atoms in total. The summed E-state index contributed by atoms with van der Waals surface area (Å²) < 4.78 is 34.6. The van der Waals surface area contributed by atoms with Gasteiger partial charge in [-0.25, -0.2) is 0 Å². The highest BCUT2D eigenvalue weighted by Gasteiger charge is 2.20. The van der Waals surface area contributed by atoms with Crippen LogP contribution in [0.25, 0.3) is 0 Å². The van der Waals surface area contributed by atoms with Gasteiger partial charge in [-0.05, 0) is 24.3 Å². The molecule has 1 aromatic heterocycles. The standard InChI is InChI=1S/C18H21F2N3O3/c19-18(20)26-16-6-2-1-5-15(16)21-17(24)13-23-9-7-22(8-10-23)12-14-4-3-11-25-14/h1-6,11,18H,7-10,12-13H2,(H,21,24). The summed E-state index contributed by atoms with van der Waals surface area (Å²) in [5.41, 5.74) is 0.245. The van der Waals surface area contributed by atoms with Crippen LogP contribution in [-0.4, -0.2) is 55.0 Å². The predicted molar refractivity (Wildman–Crippen MR) is 92.1 cm³/mol. The maximum Gasteiger partial charge on any atom is 0.387 e. The van der Waals surface area contributed by atoms with Gasteiger partial charge in [0.25, 0.3) is 0 Å². The van der Waals surface area contributed by atoms with Crippen molar-refractivity contribution in [3.05, 3.63) is 48.4 Å². The van der Waals surface area contributed by atoms with Crippen molar-refractivity contribution >= 4 is 11.6 Å². The van der Waals surface area contributed by atoms with Gasteiger partial charge in [0.15, 0.2) is 0 Å². The Morgan fingerprint density at radius 2 is 1.85 bits per heavy atom. The lowest BCUT2D eigenvalue weighted by atomic mass is 10.2. The third kappa shape index (κ3) is 5.27. The summed E-state index contributed by atoms with van der Waals surface area (Å²) in [5.74, 6) is 0.626. The van der Waals surface area contributed by atoms with Crippen molar-refractivity contribution in [2.75, 3.05) is 38.0 Å². The van der Waals surface area contributed by atoms with Crippen LogP contribution in [0.15, 0.2) is 47.1 Å². The molecule has 1 N–H and O–H groups in total. The van der Waals surface area contributed by atoms with Crippen molar-refractivity contribution < 1.29 is 22.7 Å². The first-order valence-corrected chi connectivity index (χ1v) is 8.41. The lowest BCUT2D eigenvalue weighted by molar-refractivity contribution is -0.117. The molecule has 1 saturated heterocycles. The molecule has 1 fully saturated rings. The Bertz CT molecular complexity index is 701. The number of hydrogen-bond donors (Lipinski definition) is 1. The zero-order valence-corrected chi connectivity index (χ0v) is 14.2. The molecule has 1 aromatic carbocycles. The minimum Gasteiger partial charge on any atom is -0.468 e. The van der Waals surface area contributed by atoms with Crippen LogP contribution in [0.3, 0.4) is 0 Å². The van der Waals surface area contributed by atoms with E-state index in [9.17, 15) is 13.6 Å². The average molecular weight is 365 g/mol. The topological polar surface area (TPSA) is 58.0 Å². The van der Waals surface area contributed by atoms with Gasteiger partial charge in [0.2, 0.25) is 5.91 Å². The number of piperazine rings is 1. The minimum atomic E-state index is -2.93. The maximum atomic E-state index is 12.4. The fourth-order valence-electron chi connectivity index (χ4n) is 2.89. The molecule has 1 aliphatic heterocycles. The number of carbonyl (C=O) groups excluding carboxylic acids is 1. The van der Waals surface area contributed by atoms with Crippen molar-refractivity contribution in [2.24, 2.45) is 0 Å². The Labute approximate surface area is 150 Å². The summed E-state index contributed by atoms with van der Waals surface area (Å²) >= 11 is 0. The number of amides is 1. The number of furan rings is 1. The first kappa shape index (κ1) is 18.3. The van der Waals surface area contributed by atoms with E-state index in [2.05, 4.69) is 15.0 Å². The van der Waals surface area contributed by atoms with E-state index in [1.165, 1.54) is 12.1 Å². The first-order chi connectivity index (χ1) is 12.6. The van der Waals surface area contributed by atoms with Crippen molar-refractivity contribution in [3.63, 3.8) is 0 Å². The second-order valence-electron chi connectivity index (χ2n) is 6.05. The fourth-order valence-corrected chi connectivity index (χ4v) is 2.89.